The topological polar surface area (TPSA) is 87.5 Å². The van der Waals surface area contributed by atoms with Gasteiger partial charge in [-0.25, -0.2) is 30.4 Å². The molecule has 14 heteroatoms. The number of rotatable bonds is 9. The van der Waals surface area contributed by atoms with Crippen LogP contribution in [0.15, 0.2) is 108 Å². The monoisotopic (exact) mass is 712 g/mol. The summed E-state index contributed by atoms with van der Waals surface area (Å²) in [5.74, 6) is -1.81. The van der Waals surface area contributed by atoms with Gasteiger partial charge in [-0.05, 0) is 66.2 Å². The zero-order valence-electron chi connectivity index (χ0n) is 25.1. The van der Waals surface area contributed by atoms with E-state index >= 15 is 0 Å². The third-order valence-corrected chi connectivity index (χ3v) is 9.66. The lowest BCUT2D eigenvalue weighted by Crippen LogP contribution is -2.14. The molecule has 0 saturated carbocycles. The minimum atomic E-state index is -4.67. The summed E-state index contributed by atoms with van der Waals surface area (Å²) in [7, 11) is -3.45. The molecule has 0 aliphatic carbocycles. The minimum Gasteiger partial charge on any atom is -0.465 e. The molecule has 6 aromatic rings. The molecule has 0 spiro atoms. The molecule has 0 aliphatic heterocycles. The molecule has 0 unspecified atom stereocenters. The fraction of sp³-hybridized carbons (Fsp3) is 0.0857. The van der Waals surface area contributed by atoms with Crippen molar-refractivity contribution >= 4 is 38.5 Å². The van der Waals surface area contributed by atoms with E-state index in [9.17, 15) is 35.2 Å². The van der Waals surface area contributed by atoms with Crippen LogP contribution >= 0.6 is 11.6 Å². The maximum Gasteiger partial charge on any atom is 0.387 e. The number of aromatic nitrogens is 2. The molecule has 0 atom stereocenters. The van der Waals surface area contributed by atoms with Crippen LogP contribution in [0.2, 0.25) is 5.02 Å². The number of fused-ring (bicyclic) bond motifs is 1. The second-order valence-electron chi connectivity index (χ2n) is 10.5. The quantitative estimate of drug-likeness (QED) is 0.110. The number of hydrogen-bond donors (Lipinski definition) is 0. The zero-order chi connectivity index (χ0) is 35.0. The van der Waals surface area contributed by atoms with Crippen molar-refractivity contribution in [2.24, 2.45) is 0 Å². The molecule has 0 amide bonds. The number of carbonyl (C=O) groups is 1. The van der Waals surface area contributed by atoms with Crippen LogP contribution < -0.4 is 4.74 Å². The van der Waals surface area contributed by atoms with Gasteiger partial charge in [-0.1, -0.05) is 48.0 Å². The van der Waals surface area contributed by atoms with Crippen molar-refractivity contribution in [1.82, 2.24) is 8.96 Å². The molecule has 4 aromatic carbocycles. The Balaban J connectivity index is 1.70. The first-order chi connectivity index (χ1) is 23.4. The number of halogens is 6. The summed E-state index contributed by atoms with van der Waals surface area (Å²) >= 11 is 6.56. The molecule has 0 N–H and O–H groups in total. The van der Waals surface area contributed by atoms with Gasteiger partial charge in [0.25, 0.3) is 16.4 Å². The Morgan fingerprint density at radius 2 is 1.61 bits per heavy atom. The predicted molar refractivity (Wildman–Crippen MR) is 173 cm³/mol. The Morgan fingerprint density at radius 1 is 0.878 bits per heavy atom. The molecular weight excluding hydrogens is 691 g/mol. The Labute approximate surface area is 281 Å². The second-order valence-corrected chi connectivity index (χ2v) is 12.7. The number of carbonyl (C=O) groups excluding carboxylic acids is 1. The average molecular weight is 713 g/mol. The second kappa shape index (κ2) is 13.3. The highest BCUT2D eigenvalue weighted by molar-refractivity contribution is 7.90. The molecule has 0 fully saturated rings. The lowest BCUT2D eigenvalue weighted by molar-refractivity contribution is -0.0496. The number of esters is 1. The standard InChI is InChI=1S/C35H22ClF5N2O5S/c1-47-34(44)22-9-13-25(27(36)17-22)20-4-2-5-21(16-20)32-30(31-29(48-35(40)41)6-3-15-42-31)26-18-23(37)10-14-28(26)43(32)49(45,46)24-11-7-19(8-12-24)33(38)39/h2-18,33,35H,1H3. The lowest BCUT2D eigenvalue weighted by atomic mass is 9.97. The van der Waals surface area contributed by atoms with Crippen LogP contribution in [0, 0.1) is 5.82 Å². The van der Waals surface area contributed by atoms with Gasteiger partial charge < -0.3 is 9.47 Å². The largest absolute Gasteiger partial charge is 0.465 e. The fourth-order valence-corrected chi connectivity index (χ4v) is 7.31. The maximum absolute atomic E-state index is 14.9. The Morgan fingerprint density at radius 3 is 2.29 bits per heavy atom. The van der Waals surface area contributed by atoms with Crippen molar-refractivity contribution in [3.63, 3.8) is 0 Å². The number of hydrogen-bond acceptors (Lipinski definition) is 6. The Bertz CT molecular complexity index is 2330. The summed E-state index contributed by atoms with van der Waals surface area (Å²) in [6.45, 7) is -3.29. The molecule has 2 aromatic heterocycles. The summed E-state index contributed by atoms with van der Waals surface area (Å²) in [6, 6.07) is 20.6. The van der Waals surface area contributed by atoms with Crippen LogP contribution in [0.1, 0.15) is 22.3 Å². The van der Waals surface area contributed by atoms with Crippen molar-refractivity contribution in [2.75, 3.05) is 7.11 Å². The van der Waals surface area contributed by atoms with E-state index in [-0.39, 0.29) is 48.9 Å². The van der Waals surface area contributed by atoms with Gasteiger partial charge >= 0.3 is 12.6 Å². The Kier molecular flexibility index (Phi) is 9.14. The molecule has 0 saturated heterocycles. The van der Waals surface area contributed by atoms with Gasteiger partial charge in [0.15, 0.2) is 5.75 Å². The van der Waals surface area contributed by atoms with Gasteiger partial charge in [0.1, 0.15) is 11.5 Å². The van der Waals surface area contributed by atoms with E-state index in [0.717, 1.165) is 40.4 Å². The summed E-state index contributed by atoms with van der Waals surface area (Å²) in [4.78, 5) is 15.9. The fourth-order valence-electron chi connectivity index (χ4n) is 5.47. The Hall–Kier alpha value is -5.27. The van der Waals surface area contributed by atoms with Crippen molar-refractivity contribution < 1.29 is 44.6 Å². The van der Waals surface area contributed by atoms with Crippen molar-refractivity contribution in [1.29, 1.82) is 0 Å². The maximum atomic E-state index is 14.9. The summed E-state index contributed by atoms with van der Waals surface area (Å²) < 4.78 is 108. The van der Waals surface area contributed by atoms with E-state index in [2.05, 4.69) is 4.98 Å². The van der Waals surface area contributed by atoms with Crippen molar-refractivity contribution in [2.45, 2.75) is 17.9 Å². The highest BCUT2D eigenvalue weighted by atomic mass is 35.5. The average Bonchev–Trinajstić information content (AvgIpc) is 3.42. The smallest absolute Gasteiger partial charge is 0.387 e. The van der Waals surface area contributed by atoms with Gasteiger partial charge in [-0.2, -0.15) is 8.78 Å². The summed E-state index contributed by atoms with van der Waals surface area (Å²) in [5, 5.41) is 0.137. The van der Waals surface area contributed by atoms with E-state index < -0.39 is 46.2 Å². The van der Waals surface area contributed by atoms with Crippen LogP contribution in [0.3, 0.4) is 0 Å². The highest BCUT2D eigenvalue weighted by Gasteiger charge is 2.31. The molecule has 250 valence electrons. The molecule has 49 heavy (non-hydrogen) atoms. The van der Waals surface area contributed by atoms with Crippen molar-refractivity contribution in [3.05, 3.63) is 125 Å². The molecule has 0 radical (unpaired) electrons. The van der Waals surface area contributed by atoms with E-state index in [0.29, 0.717) is 11.1 Å². The SMILES string of the molecule is COC(=O)c1ccc(-c2cccc(-c3c(-c4ncccc4OC(F)F)c4cc(F)ccc4n3S(=O)(=O)c3ccc(C(F)F)cc3)c2)c(Cl)c1. The molecule has 6 rings (SSSR count). The molecule has 0 bridgehead atoms. The van der Waals surface area contributed by atoms with E-state index in [4.69, 9.17) is 21.1 Å². The van der Waals surface area contributed by atoms with Gasteiger partial charge in [0.05, 0.1) is 28.8 Å². The summed E-state index contributed by atoms with van der Waals surface area (Å²) in [6.07, 6.45) is -1.58. The number of pyridine rings is 1. The number of alkyl halides is 4. The number of ether oxygens (including phenoxy) is 2. The molecule has 0 aliphatic rings. The van der Waals surface area contributed by atoms with Gasteiger partial charge in [-0.3, -0.25) is 4.98 Å². The van der Waals surface area contributed by atoms with Crippen molar-refractivity contribution in [3.8, 4) is 39.4 Å². The van der Waals surface area contributed by atoms with E-state index in [1.54, 1.807) is 24.3 Å². The number of nitrogens with zero attached hydrogens (tertiary/aromatic N) is 2. The summed E-state index contributed by atoms with van der Waals surface area (Å²) in [5.41, 5.74) is 0.381. The van der Waals surface area contributed by atoms with Crippen LogP contribution in [0.5, 0.6) is 5.75 Å². The lowest BCUT2D eigenvalue weighted by Gasteiger charge is -2.16. The minimum absolute atomic E-state index is 0.0218. The molecule has 2 heterocycles. The van der Waals surface area contributed by atoms with Gasteiger partial charge in [-0.15, -0.1) is 0 Å². The first-order valence-electron chi connectivity index (χ1n) is 14.3. The molecular formula is C35H22ClF5N2O5S. The molecule has 7 nitrogen and oxygen atoms in total. The number of methoxy groups -OCH3 is 1. The highest BCUT2D eigenvalue weighted by Crippen LogP contribution is 2.46. The third-order valence-electron chi connectivity index (χ3n) is 7.62. The van der Waals surface area contributed by atoms with E-state index in [1.165, 1.54) is 49.7 Å². The van der Waals surface area contributed by atoms with E-state index in [1.807, 2.05) is 0 Å². The van der Waals surface area contributed by atoms with Crippen LogP contribution in [0.25, 0.3) is 44.5 Å². The van der Waals surface area contributed by atoms with Gasteiger partial charge in [0.2, 0.25) is 0 Å². The first kappa shape index (κ1) is 33.6. The van der Waals surface area contributed by atoms with Gasteiger partial charge in [0, 0.05) is 38.9 Å². The predicted octanol–water partition coefficient (Wildman–Crippen LogP) is 9.39. The first-order valence-corrected chi connectivity index (χ1v) is 16.1. The normalized spacial score (nSPS) is 11.8. The van der Waals surface area contributed by atoms with Crippen LogP contribution in [0.4, 0.5) is 22.0 Å². The van der Waals surface area contributed by atoms with Crippen LogP contribution in [-0.4, -0.2) is 37.1 Å². The van der Waals surface area contributed by atoms with Crippen LogP contribution in [-0.2, 0) is 14.8 Å². The number of benzene rings is 4. The third kappa shape index (κ3) is 6.34. The zero-order valence-corrected chi connectivity index (χ0v) is 26.7.